The fourth-order valence-electron chi connectivity index (χ4n) is 4.23. The summed E-state index contributed by atoms with van der Waals surface area (Å²) in [6, 6.07) is 4.52. The topological polar surface area (TPSA) is 214 Å². The Morgan fingerprint density at radius 3 is 2.46 bits per heavy atom. The molecule has 1 aliphatic rings. The molecule has 1 fully saturated rings. The van der Waals surface area contributed by atoms with E-state index < -0.39 is 53.8 Å². The molecule has 8 N–H and O–H groups in total. The SMILES string of the molecule is NC(=O)CC(N)C(=O)NC(Cc1ccccc1)C(=O)N1CCCC1C(=O)NC(Cc1cnc[nH]1)C(=O)O. The number of rotatable bonds is 12. The van der Waals surface area contributed by atoms with Gasteiger partial charge in [0, 0.05) is 31.3 Å². The number of carboxylic acids is 1. The van der Waals surface area contributed by atoms with Gasteiger partial charge in [0.2, 0.25) is 23.6 Å². The Morgan fingerprint density at radius 2 is 1.84 bits per heavy atom. The maximum atomic E-state index is 13.6. The molecule has 198 valence electrons. The predicted molar refractivity (Wildman–Crippen MR) is 130 cm³/mol. The summed E-state index contributed by atoms with van der Waals surface area (Å²) in [5.74, 6) is -3.82. The van der Waals surface area contributed by atoms with Crippen molar-refractivity contribution in [3.63, 3.8) is 0 Å². The highest BCUT2D eigenvalue weighted by atomic mass is 16.4. The Hall–Kier alpha value is -4.26. The molecule has 0 bridgehead atoms. The van der Waals surface area contributed by atoms with Crippen molar-refractivity contribution >= 4 is 29.6 Å². The Balaban J connectivity index is 1.75. The molecule has 37 heavy (non-hydrogen) atoms. The molecular formula is C24H31N7O6. The van der Waals surface area contributed by atoms with E-state index in [-0.39, 0.29) is 25.8 Å². The van der Waals surface area contributed by atoms with Gasteiger partial charge in [-0.25, -0.2) is 9.78 Å². The second-order valence-electron chi connectivity index (χ2n) is 8.90. The summed E-state index contributed by atoms with van der Waals surface area (Å²) in [5, 5.41) is 14.7. The Bertz CT molecular complexity index is 1110. The summed E-state index contributed by atoms with van der Waals surface area (Å²) in [4.78, 5) is 70.2. The second-order valence-corrected chi connectivity index (χ2v) is 8.90. The lowest BCUT2D eigenvalue weighted by atomic mass is 10.0. The molecule has 1 saturated heterocycles. The van der Waals surface area contributed by atoms with Crippen LogP contribution in [0.15, 0.2) is 42.9 Å². The first kappa shape index (κ1) is 27.3. The molecular weight excluding hydrogens is 482 g/mol. The number of benzene rings is 1. The minimum atomic E-state index is -1.24. The van der Waals surface area contributed by atoms with Gasteiger partial charge in [-0.2, -0.15) is 0 Å². The predicted octanol–water partition coefficient (Wildman–Crippen LogP) is -1.56. The second kappa shape index (κ2) is 12.6. The lowest BCUT2D eigenvalue weighted by Crippen LogP contribution is -2.57. The van der Waals surface area contributed by atoms with E-state index in [2.05, 4.69) is 20.6 Å². The number of likely N-dealkylation sites (tertiary alicyclic amines) is 1. The molecule has 0 radical (unpaired) electrons. The lowest BCUT2D eigenvalue weighted by Gasteiger charge is -2.30. The fourth-order valence-corrected chi connectivity index (χ4v) is 4.23. The maximum Gasteiger partial charge on any atom is 0.326 e. The van der Waals surface area contributed by atoms with Crippen LogP contribution in [0.4, 0.5) is 0 Å². The number of carboxylic acid groups (broad SMARTS) is 1. The molecule has 0 spiro atoms. The number of nitrogens with zero attached hydrogens (tertiary/aromatic N) is 2. The molecule has 0 saturated carbocycles. The van der Waals surface area contributed by atoms with Crippen LogP contribution in [0, 0.1) is 0 Å². The summed E-state index contributed by atoms with van der Waals surface area (Å²) < 4.78 is 0. The molecule has 13 nitrogen and oxygen atoms in total. The van der Waals surface area contributed by atoms with Crippen LogP contribution in [-0.2, 0) is 36.8 Å². The normalized spacial score (nSPS) is 17.4. The molecule has 4 atom stereocenters. The van der Waals surface area contributed by atoms with Gasteiger partial charge < -0.3 is 37.1 Å². The standard InChI is InChI=1S/C24H31N7O6/c25-16(11-20(26)32)21(33)29-17(9-14-5-2-1-3-6-14)23(35)31-8-4-7-19(31)22(34)30-18(24(36)37)10-15-12-27-13-28-15/h1-3,5-6,12-13,16-19H,4,7-11,25H2,(H2,26,32)(H,27,28)(H,29,33)(H,30,34)(H,36,37). The number of nitrogens with two attached hydrogens (primary N) is 2. The number of primary amides is 1. The van der Waals surface area contributed by atoms with Crippen LogP contribution in [0.1, 0.15) is 30.5 Å². The van der Waals surface area contributed by atoms with Crippen molar-refractivity contribution in [1.29, 1.82) is 0 Å². The van der Waals surface area contributed by atoms with Gasteiger partial charge in [0.1, 0.15) is 18.1 Å². The van der Waals surface area contributed by atoms with E-state index >= 15 is 0 Å². The van der Waals surface area contributed by atoms with Gasteiger partial charge in [-0.05, 0) is 18.4 Å². The van der Waals surface area contributed by atoms with E-state index in [9.17, 15) is 29.1 Å². The quantitative estimate of drug-likeness (QED) is 0.195. The molecule has 1 aromatic heterocycles. The Labute approximate surface area is 213 Å². The minimum Gasteiger partial charge on any atom is -0.480 e. The van der Waals surface area contributed by atoms with Gasteiger partial charge >= 0.3 is 5.97 Å². The molecule has 3 rings (SSSR count). The number of amides is 4. The molecule has 2 aromatic rings. The van der Waals surface area contributed by atoms with E-state index in [1.54, 1.807) is 24.3 Å². The van der Waals surface area contributed by atoms with Gasteiger partial charge in [-0.3, -0.25) is 19.2 Å². The Morgan fingerprint density at radius 1 is 1.11 bits per heavy atom. The van der Waals surface area contributed by atoms with Gasteiger partial charge in [-0.15, -0.1) is 0 Å². The molecule has 0 aliphatic carbocycles. The number of nitrogens with one attached hydrogen (secondary N) is 3. The first-order valence-electron chi connectivity index (χ1n) is 11.8. The highest BCUT2D eigenvalue weighted by Gasteiger charge is 2.39. The third-order valence-electron chi connectivity index (χ3n) is 6.09. The van der Waals surface area contributed by atoms with Crippen LogP contribution in [0.25, 0.3) is 0 Å². The zero-order valence-corrected chi connectivity index (χ0v) is 20.1. The molecule has 1 aliphatic heterocycles. The van der Waals surface area contributed by atoms with E-state index in [4.69, 9.17) is 11.5 Å². The molecule has 4 amide bonds. The number of aromatic amines is 1. The van der Waals surface area contributed by atoms with Crippen LogP contribution < -0.4 is 22.1 Å². The van der Waals surface area contributed by atoms with Crippen molar-refractivity contribution in [3.8, 4) is 0 Å². The van der Waals surface area contributed by atoms with E-state index in [0.29, 0.717) is 18.5 Å². The Kier molecular flexibility index (Phi) is 9.33. The number of H-pyrrole nitrogens is 1. The average molecular weight is 514 g/mol. The summed E-state index contributed by atoms with van der Waals surface area (Å²) in [5.41, 5.74) is 12.2. The van der Waals surface area contributed by atoms with Crippen molar-refractivity contribution in [2.45, 2.75) is 56.3 Å². The van der Waals surface area contributed by atoms with Crippen molar-refractivity contribution in [2.75, 3.05) is 6.54 Å². The number of carbonyl (C=O) groups excluding carboxylic acids is 4. The zero-order valence-electron chi connectivity index (χ0n) is 20.1. The van der Waals surface area contributed by atoms with Gasteiger partial charge in [-0.1, -0.05) is 30.3 Å². The maximum absolute atomic E-state index is 13.6. The van der Waals surface area contributed by atoms with Crippen molar-refractivity contribution in [3.05, 3.63) is 54.1 Å². The number of carbonyl (C=O) groups is 5. The smallest absolute Gasteiger partial charge is 0.326 e. The number of aromatic nitrogens is 2. The molecule has 13 heteroatoms. The van der Waals surface area contributed by atoms with Crippen molar-refractivity contribution in [2.24, 2.45) is 11.5 Å². The van der Waals surface area contributed by atoms with E-state index in [0.717, 1.165) is 5.56 Å². The lowest BCUT2D eigenvalue weighted by molar-refractivity contribution is -0.144. The number of hydrogen-bond donors (Lipinski definition) is 6. The monoisotopic (exact) mass is 513 g/mol. The summed E-state index contributed by atoms with van der Waals surface area (Å²) in [6.45, 7) is 0.254. The van der Waals surface area contributed by atoms with Crippen LogP contribution in [0.5, 0.6) is 0 Å². The third-order valence-corrected chi connectivity index (χ3v) is 6.09. The molecule has 2 heterocycles. The van der Waals surface area contributed by atoms with Crippen molar-refractivity contribution < 1.29 is 29.1 Å². The first-order valence-corrected chi connectivity index (χ1v) is 11.8. The number of hydrogen-bond acceptors (Lipinski definition) is 7. The summed E-state index contributed by atoms with van der Waals surface area (Å²) in [7, 11) is 0. The van der Waals surface area contributed by atoms with Crippen LogP contribution in [0.3, 0.4) is 0 Å². The highest BCUT2D eigenvalue weighted by molar-refractivity contribution is 5.95. The van der Waals surface area contributed by atoms with Gasteiger partial charge in [0.05, 0.1) is 18.8 Å². The highest BCUT2D eigenvalue weighted by Crippen LogP contribution is 2.20. The zero-order chi connectivity index (χ0) is 26.9. The molecule has 4 unspecified atom stereocenters. The van der Waals surface area contributed by atoms with Crippen LogP contribution in [-0.4, -0.2) is 80.3 Å². The van der Waals surface area contributed by atoms with E-state index in [1.165, 1.54) is 17.4 Å². The third kappa shape index (κ3) is 7.61. The minimum absolute atomic E-state index is 0.00776. The van der Waals surface area contributed by atoms with E-state index in [1.807, 2.05) is 6.07 Å². The average Bonchev–Trinajstić information content (AvgIpc) is 3.55. The van der Waals surface area contributed by atoms with Crippen LogP contribution in [0.2, 0.25) is 0 Å². The van der Waals surface area contributed by atoms with Crippen LogP contribution >= 0.6 is 0 Å². The van der Waals surface area contributed by atoms with Gasteiger partial charge in [0.25, 0.3) is 0 Å². The molecule has 1 aromatic carbocycles. The summed E-state index contributed by atoms with van der Waals surface area (Å²) in [6.07, 6.45) is 3.46. The largest absolute Gasteiger partial charge is 0.480 e. The van der Waals surface area contributed by atoms with Crippen molar-refractivity contribution in [1.82, 2.24) is 25.5 Å². The number of aliphatic carboxylic acids is 1. The fraction of sp³-hybridized carbons (Fsp3) is 0.417. The summed E-state index contributed by atoms with van der Waals surface area (Å²) >= 11 is 0. The van der Waals surface area contributed by atoms with Gasteiger partial charge in [0.15, 0.2) is 0 Å². The number of imidazole rings is 1. The first-order chi connectivity index (χ1) is 17.7.